The molecule has 0 aliphatic heterocycles. The van der Waals surface area contributed by atoms with E-state index in [2.05, 4.69) is 15.9 Å². The van der Waals surface area contributed by atoms with Gasteiger partial charge in [0, 0.05) is 17.2 Å². The van der Waals surface area contributed by atoms with Gasteiger partial charge in [-0.25, -0.2) is 0 Å². The van der Waals surface area contributed by atoms with Gasteiger partial charge in [0.2, 0.25) is 0 Å². The lowest BCUT2D eigenvalue weighted by Crippen LogP contribution is -2.25. The molecule has 100 valence electrons. The highest BCUT2D eigenvalue weighted by atomic mass is 79.9. The lowest BCUT2D eigenvalue weighted by atomic mass is 10.0. The largest absolute Gasteiger partial charge is 0.496 e. The van der Waals surface area contributed by atoms with E-state index in [0.717, 1.165) is 35.0 Å². The maximum atomic E-state index is 6.18. The van der Waals surface area contributed by atoms with Gasteiger partial charge in [-0.1, -0.05) is 0 Å². The Morgan fingerprint density at radius 3 is 2.22 bits per heavy atom. The van der Waals surface area contributed by atoms with Crippen LogP contribution in [-0.2, 0) is 6.42 Å². The van der Waals surface area contributed by atoms with Gasteiger partial charge in [-0.05, 0) is 35.2 Å². The summed E-state index contributed by atoms with van der Waals surface area (Å²) in [5, 5.41) is 0. The zero-order valence-corrected chi connectivity index (χ0v) is 12.5. The minimum Gasteiger partial charge on any atom is -0.496 e. The molecule has 2 rings (SSSR count). The van der Waals surface area contributed by atoms with E-state index in [9.17, 15) is 0 Å². The average molecular weight is 316 g/mol. The molecule has 18 heavy (non-hydrogen) atoms. The molecular formula is C13H18BrNO3. The van der Waals surface area contributed by atoms with Crippen molar-refractivity contribution in [2.45, 2.75) is 24.8 Å². The summed E-state index contributed by atoms with van der Waals surface area (Å²) in [7, 11) is 4.87. The number of hydrogen-bond acceptors (Lipinski definition) is 4. The number of rotatable bonds is 5. The van der Waals surface area contributed by atoms with Crippen LogP contribution in [0.4, 0.5) is 0 Å². The van der Waals surface area contributed by atoms with E-state index < -0.39 is 0 Å². The molecule has 0 bridgehead atoms. The first kappa shape index (κ1) is 13.5. The fraction of sp³-hybridized carbons (Fsp3) is 0.538. The minimum atomic E-state index is -0.0879. The number of nitrogens with two attached hydrogens (primary N) is 1. The highest BCUT2D eigenvalue weighted by Gasteiger charge is 2.40. The third-order valence-electron chi connectivity index (χ3n) is 3.31. The van der Waals surface area contributed by atoms with Gasteiger partial charge in [-0.2, -0.15) is 0 Å². The number of benzene rings is 1. The summed E-state index contributed by atoms with van der Waals surface area (Å²) >= 11 is 3.56. The van der Waals surface area contributed by atoms with Crippen molar-refractivity contribution in [1.29, 1.82) is 0 Å². The van der Waals surface area contributed by atoms with Crippen LogP contribution < -0.4 is 19.9 Å². The van der Waals surface area contributed by atoms with Crippen LogP contribution in [-0.4, -0.2) is 26.9 Å². The summed E-state index contributed by atoms with van der Waals surface area (Å²) in [4.78, 5) is 0. The van der Waals surface area contributed by atoms with E-state index in [0.29, 0.717) is 11.5 Å². The van der Waals surface area contributed by atoms with Crippen molar-refractivity contribution in [3.05, 3.63) is 16.1 Å². The second kappa shape index (κ2) is 4.97. The molecule has 5 heteroatoms. The van der Waals surface area contributed by atoms with Gasteiger partial charge >= 0.3 is 0 Å². The summed E-state index contributed by atoms with van der Waals surface area (Å²) in [5.74, 6) is 2.10. The molecule has 1 aromatic rings. The monoisotopic (exact) mass is 315 g/mol. The average Bonchev–Trinajstić information content (AvgIpc) is 3.09. The zero-order chi connectivity index (χ0) is 13.3. The van der Waals surface area contributed by atoms with Gasteiger partial charge in [-0.15, -0.1) is 0 Å². The first-order chi connectivity index (χ1) is 8.54. The lowest BCUT2D eigenvalue weighted by Gasteiger charge is -2.19. The van der Waals surface area contributed by atoms with Gasteiger partial charge in [0.15, 0.2) is 11.5 Å². The Kier molecular flexibility index (Phi) is 3.73. The highest BCUT2D eigenvalue weighted by molar-refractivity contribution is 9.10. The van der Waals surface area contributed by atoms with Crippen LogP contribution in [0.15, 0.2) is 10.5 Å². The zero-order valence-electron chi connectivity index (χ0n) is 10.9. The van der Waals surface area contributed by atoms with Crippen molar-refractivity contribution in [1.82, 2.24) is 0 Å². The Balaban J connectivity index is 2.48. The van der Waals surface area contributed by atoms with E-state index in [1.807, 2.05) is 6.07 Å². The molecule has 2 N–H and O–H groups in total. The molecule has 0 heterocycles. The van der Waals surface area contributed by atoms with Gasteiger partial charge in [0.1, 0.15) is 5.75 Å². The second-order valence-corrected chi connectivity index (χ2v) is 5.44. The normalized spacial score (nSPS) is 16.3. The molecule has 4 nitrogen and oxygen atoms in total. The summed E-state index contributed by atoms with van der Waals surface area (Å²) in [6, 6.07) is 1.84. The van der Waals surface area contributed by atoms with E-state index in [1.165, 1.54) is 0 Å². The van der Waals surface area contributed by atoms with E-state index in [1.54, 1.807) is 21.3 Å². The highest BCUT2D eigenvalue weighted by Crippen LogP contribution is 2.46. The number of ether oxygens (including phenoxy) is 3. The molecular weight excluding hydrogens is 298 g/mol. The van der Waals surface area contributed by atoms with Crippen LogP contribution in [0.5, 0.6) is 17.2 Å². The molecule has 0 spiro atoms. The van der Waals surface area contributed by atoms with Gasteiger partial charge < -0.3 is 19.9 Å². The van der Waals surface area contributed by atoms with Crippen LogP contribution >= 0.6 is 15.9 Å². The summed E-state index contributed by atoms with van der Waals surface area (Å²) in [5.41, 5.74) is 7.13. The second-order valence-electron chi connectivity index (χ2n) is 4.65. The Morgan fingerprint density at radius 2 is 1.78 bits per heavy atom. The SMILES string of the molecule is COc1cc(OC)c(OC)c(Br)c1CC1(N)CC1. The Bertz CT molecular complexity index is 458. The Labute approximate surface area is 116 Å². The first-order valence-electron chi connectivity index (χ1n) is 5.81. The van der Waals surface area contributed by atoms with Crippen molar-refractivity contribution in [3.63, 3.8) is 0 Å². The first-order valence-corrected chi connectivity index (χ1v) is 6.60. The van der Waals surface area contributed by atoms with Crippen LogP contribution in [0, 0.1) is 0 Å². The molecule has 0 amide bonds. The van der Waals surface area contributed by atoms with Gasteiger partial charge in [-0.3, -0.25) is 0 Å². The molecule has 0 atom stereocenters. The van der Waals surface area contributed by atoms with Crippen molar-refractivity contribution in [2.75, 3.05) is 21.3 Å². The minimum absolute atomic E-state index is 0.0879. The standard InChI is InChI=1S/C13H18BrNO3/c1-16-9-6-10(17-2)12(18-3)11(14)8(9)7-13(15)4-5-13/h6H,4-5,7,15H2,1-3H3. The van der Waals surface area contributed by atoms with Gasteiger partial charge in [0.05, 0.1) is 25.8 Å². The topological polar surface area (TPSA) is 53.7 Å². The van der Waals surface area contributed by atoms with Crippen molar-refractivity contribution in [3.8, 4) is 17.2 Å². The summed E-state index contributed by atoms with van der Waals surface area (Å²) in [6.45, 7) is 0. The number of hydrogen-bond donors (Lipinski definition) is 1. The van der Waals surface area contributed by atoms with Crippen molar-refractivity contribution >= 4 is 15.9 Å². The molecule has 1 fully saturated rings. The quantitative estimate of drug-likeness (QED) is 0.907. The Hall–Kier alpha value is -0.940. The number of halogens is 1. The van der Waals surface area contributed by atoms with Crippen LogP contribution in [0.25, 0.3) is 0 Å². The van der Waals surface area contributed by atoms with Crippen molar-refractivity contribution < 1.29 is 14.2 Å². The van der Waals surface area contributed by atoms with E-state index in [4.69, 9.17) is 19.9 Å². The predicted octanol–water partition coefficient (Wildman–Crippen LogP) is 2.51. The number of methoxy groups -OCH3 is 3. The lowest BCUT2D eigenvalue weighted by molar-refractivity contribution is 0.345. The van der Waals surface area contributed by atoms with Crippen LogP contribution in [0.2, 0.25) is 0 Å². The molecule has 0 saturated heterocycles. The van der Waals surface area contributed by atoms with E-state index >= 15 is 0 Å². The maximum Gasteiger partial charge on any atom is 0.175 e. The molecule has 1 aliphatic carbocycles. The molecule has 1 saturated carbocycles. The molecule has 0 radical (unpaired) electrons. The summed E-state index contributed by atoms with van der Waals surface area (Å²) < 4.78 is 16.9. The smallest absolute Gasteiger partial charge is 0.175 e. The fourth-order valence-corrected chi connectivity index (χ4v) is 2.70. The molecule has 1 aliphatic rings. The van der Waals surface area contributed by atoms with Crippen LogP contribution in [0.1, 0.15) is 18.4 Å². The molecule has 1 aromatic carbocycles. The Morgan fingerprint density at radius 1 is 1.17 bits per heavy atom. The molecule has 0 unspecified atom stereocenters. The third kappa shape index (κ3) is 2.42. The van der Waals surface area contributed by atoms with E-state index in [-0.39, 0.29) is 5.54 Å². The maximum absolute atomic E-state index is 6.18. The molecule has 0 aromatic heterocycles. The fourth-order valence-electron chi connectivity index (χ4n) is 2.00. The van der Waals surface area contributed by atoms with Crippen LogP contribution in [0.3, 0.4) is 0 Å². The predicted molar refractivity (Wildman–Crippen MR) is 73.7 cm³/mol. The van der Waals surface area contributed by atoms with Crippen molar-refractivity contribution in [2.24, 2.45) is 5.73 Å². The van der Waals surface area contributed by atoms with Gasteiger partial charge in [0.25, 0.3) is 0 Å². The summed E-state index contributed by atoms with van der Waals surface area (Å²) in [6.07, 6.45) is 2.88. The third-order valence-corrected chi connectivity index (χ3v) is 4.15.